The highest BCUT2D eigenvalue weighted by Crippen LogP contribution is 2.22. The summed E-state index contributed by atoms with van der Waals surface area (Å²) in [6.45, 7) is 5.15. The zero-order valence-electron chi connectivity index (χ0n) is 13.9. The van der Waals surface area contributed by atoms with Gasteiger partial charge in [-0.1, -0.05) is 0 Å². The standard InChI is InChI=1S/C18H20N4O2/c1-12-10-13(2)20-17(15(12)11-19)21-14-5-7-22(8-6-14)18(23)16-4-3-9-24-16/h3-4,9-10,14H,5-8H2,1-2H3,(H,20,21). The number of carbonyl (C=O) groups is 1. The summed E-state index contributed by atoms with van der Waals surface area (Å²) in [4.78, 5) is 18.5. The van der Waals surface area contributed by atoms with E-state index in [4.69, 9.17) is 4.42 Å². The largest absolute Gasteiger partial charge is 0.459 e. The molecule has 3 rings (SSSR count). The lowest BCUT2D eigenvalue weighted by Crippen LogP contribution is -2.42. The van der Waals surface area contributed by atoms with E-state index in [2.05, 4.69) is 16.4 Å². The van der Waals surface area contributed by atoms with Crippen molar-refractivity contribution >= 4 is 11.7 Å². The van der Waals surface area contributed by atoms with Crippen LogP contribution in [0.15, 0.2) is 28.9 Å². The minimum Gasteiger partial charge on any atom is -0.459 e. The Hall–Kier alpha value is -2.81. The Bertz CT molecular complexity index is 769. The molecule has 1 saturated heterocycles. The number of carbonyl (C=O) groups excluding carboxylic acids is 1. The Morgan fingerprint density at radius 2 is 2.17 bits per heavy atom. The third-order valence-electron chi connectivity index (χ3n) is 4.31. The number of furan rings is 1. The van der Waals surface area contributed by atoms with E-state index in [9.17, 15) is 10.1 Å². The van der Waals surface area contributed by atoms with Gasteiger partial charge in [0.2, 0.25) is 0 Å². The highest BCUT2D eigenvalue weighted by molar-refractivity contribution is 5.91. The van der Waals surface area contributed by atoms with Gasteiger partial charge in [-0.2, -0.15) is 5.26 Å². The van der Waals surface area contributed by atoms with Crippen LogP contribution in [0, 0.1) is 25.2 Å². The highest BCUT2D eigenvalue weighted by atomic mass is 16.3. The minimum atomic E-state index is -0.0688. The maximum atomic E-state index is 12.3. The molecule has 0 radical (unpaired) electrons. The fourth-order valence-electron chi connectivity index (χ4n) is 3.06. The van der Waals surface area contributed by atoms with Gasteiger partial charge in [-0.15, -0.1) is 0 Å². The molecule has 1 aliphatic heterocycles. The Morgan fingerprint density at radius 3 is 2.79 bits per heavy atom. The van der Waals surface area contributed by atoms with Gasteiger partial charge < -0.3 is 14.6 Å². The molecule has 124 valence electrons. The first kappa shape index (κ1) is 16.1. The van der Waals surface area contributed by atoms with E-state index in [1.807, 2.05) is 19.9 Å². The van der Waals surface area contributed by atoms with Crippen LogP contribution in [0.3, 0.4) is 0 Å². The van der Waals surface area contributed by atoms with Crippen LogP contribution in [0.1, 0.15) is 40.2 Å². The van der Waals surface area contributed by atoms with Crippen molar-refractivity contribution in [2.45, 2.75) is 32.7 Å². The number of nitrogens with zero attached hydrogens (tertiary/aromatic N) is 3. The first-order valence-electron chi connectivity index (χ1n) is 8.06. The number of pyridine rings is 1. The molecule has 3 heterocycles. The molecule has 6 heteroatoms. The molecule has 1 aliphatic rings. The molecule has 1 amide bonds. The number of amides is 1. The fourth-order valence-corrected chi connectivity index (χ4v) is 3.06. The molecule has 0 saturated carbocycles. The lowest BCUT2D eigenvalue weighted by atomic mass is 10.0. The lowest BCUT2D eigenvalue weighted by molar-refractivity contribution is 0.0686. The van der Waals surface area contributed by atoms with Crippen LogP contribution in [0.25, 0.3) is 0 Å². The summed E-state index contributed by atoms with van der Waals surface area (Å²) in [5.74, 6) is 0.954. The van der Waals surface area contributed by atoms with Gasteiger partial charge >= 0.3 is 0 Å². The lowest BCUT2D eigenvalue weighted by Gasteiger charge is -2.32. The molecule has 1 N–H and O–H groups in total. The SMILES string of the molecule is Cc1cc(C)c(C#N)c(NC2CCN(C(=O)c3ccco3)CC2)n1. The Morgan fingerprint density at radius 1 is 1.42 bits per heavy atom. The van der Waals surface area contributed by atoms with Crippen molar-refractivity contribution in [3.8, 4) is 6.07 Å². The molecular formula is C18H20N4O2. The fraction of sp³-hybridized carbons (Fsp3) is 0.389. The zero-order chi connectivity index (χ0) is 17.1. The van der Waals surface area contributed by atoms with E-state index < -0.39 is 0 Å². The number of nitrogens with one attached hydrogen (secondary N) is 1. The van der Waals surface area contributed by atoms with Gasteiger partial charge in [0.1, 0.15) is 11.9 Å². The highest BCUT2D eigenvalue weighted by Gasteiger charge is 2.25. The van der Waals surface area contributed by atoms with Gasteiger partial charge in [0.15, 0.2) is 5.76 Å². The van der Waals surface area contributed by atoms with Gasteiger partial charge in [-0.25, -0.2) is 4.98 Å². The van der Waals surface area contributed by atoms with Crippen LogP contribution >= 0.6 is 0 Å². The third kappa shape index (κ3) is 3.25. The number of piperidine rings is 1. The van der Waals surface area contributed by atoms with Crippen LogP contribution in [0.4, 0.5) is 5.82 Å². The van der Waals surface area contributed by atoms with Gasteiger partial charge in [0, 0.05) is 24.8 Å². The average molecular weight is 324 g/mol. The molecule has 2 aromatic heterocycles. The summed E-state index contributed by atoms with van der Waals surface area (Å²) < 4.78 is 5.17. The predicted octanol–water partition coefficient (Wildman–Crippen LogP) is 2.88. The number of rotatable bonds is 3. The molecule has 6 nitrogen and oxygen atoms in total. The van der Waals surface area contributed by atoms with Crippen LogP contribution < -0.4 is 5.32 Å². The van der Waals surface area contributed by atoms with E-state index in [0.29, 0.717) is 30.2 Å². The molecule has 0 aromatic carbocycles. The van der Waals surface area contributed by atoms with Gasteiger partial charge in [-0.3, -0.25) is 4.79 Å². The van der Waals surface area contributed by atoms with Crippen molar-refractivity contribution < 1.29 is 9.21 Å². The van der Waals surface area contributed by atoms with Crippen molar-refractivity contribution in [3.05, 3.63) is 47.0 Å². The first-order chi connectivity index (χ1) is 11.6. The summed E-state index contributed by atoms with van der Waals surface area (Å²) in [6, 6.07) is 7.74. The normalized spacial score (nSPS) is 15.1. The summed E-state index contributed by atoms with van der Waals surface area (Å²) in [5.41, 5.74) is 2.41. The summed E-state index contributed by atoms with van der Waals surface area (Å²) in [6.07, 6.45) is 3.13. The van der Waals surface area contributed by atoms with Gasteiger partial charge in [0.05, 0.1) is 11.8 Å². The molecular weight excluding hydrogens is 304 g/mol. The number of nitriles is 1. The maximum absolute atomic E-state index is 12.3. The Kier molecular flexibility index (Phi) is 4.52. The predicted molar refractivity (Wildman–Crippen MR) is 89.7 cm³/mol. The summed E-state index contributed by atoms with van der Waals surface area (Å²) in [7, 11) is 0. The number of hydrogen-bond acceptors (Lipinski definition) is 5. The first-order valence-corrected chi connectivity index (χ1v) is 8.06. The Labute approximate surface area is 141 Å². The van der Waals surface area contributed by atoms with Crippen molar-refractivity contribution in [3.63, 3.8) is 0 Å². The average Bonchev–Trinajstić information content (AvgIpc) is 3.09. The van der Waals surface area contributed by atoms with Crippen molar-refractivity contribution in [1.29, 1.82) is 5.26 Å². The number of anilines is 1. The maximum Gasteiger partial charge on any atom is 0.289 e. The second kappa shape index (κ2) is 6.75. The number of aromatic nitrogens is 1. The Balaban J connectivity index is 1.64. The number of likely N-dealkylation sites (tertiary alicyclic amines) is 1. The van der Waals surface area contributed by atoms with Gasteiger partial charge in [0.25, 0.3) is 5.91 Å². The molecule has 1 fully saturated rings. The molecule has 0 unspecified atom stereocenters. The van der Waals surface area contributed by atoms with Gasteiger partial charge in [-0.05, 0) is 50.5 Å². The molecule has 24 heavy (non-hydrogen) atoms. The summed E-state index contributed by atoms with van der Waals surface area (Å²) in [5, 5.41) is 12.7. The topological polar surface area (TPSA) is 82.2 Å². The van der Waals surface area contributed by atoms with Crippen LogP contribution in [-0.2, 0) is 0 Å². The van der Waals surface area contributed by atoms with Crippen LogP contribution in [-0.4, -0.2) is 34.9 Å². The third-order valence-corrected chi connectivity index (χ3v) is 4.31. The zero-order valence-corrected chi connectivity index (χ0v) is 13.9. The molecule has 0 bridgehead atoms. The van der Waals surface area contributed by atoms with Crippen LogP contribution in [0.5, 0.6) is 0 Å². The van der Waals surface area contributed by atoms with E-state index >= 15 is 0 Å². The van der Waals surface area contributed by atoms with Crippen molar-refractivity contribution in [2.75, 3.05) is 18.4 Å². The molecule has 0 atom stereocenters. The molecule has 0 spiro atoms. The van der Waals surface area contributed by atoms with Crippen molar-refractivity contribution in [2.24, 2.45) is 0 Å². The quantitative estimate of drug-likeness (QED) is 0.938. The van der Waals surface area contributed by atoms with E-state index in [-0.39, 0.29) is 11.9 Å². The van der Waals surface area contributed by atoms with E-state index in [0.717, 1.165) is 24.1 Å². The second-order valence-electron chi connectivity index (χ2n) is 6.10. The van der Waals surface area contributed by atoms with Crippen molar-refractivity contribution in [1.82, 2.24) is 9.88 Å². The van der Waals surface area contributed by atoms with E-state index in [1.165, 1.54) is 6.26 Å². The van der Waals surface area contributed by atoms with Crippen LogP contribution in [0.2, 0.25) is 0 Å². The second-order valence-corrected chi connectivity index (χ2v) is 6.10. The number of aryl methyl sites for hydroxylation is 2. The number of hydrogen-bond donors (Lipinski definition) is 1. The monoisotopic (exact) mass is 324 g/mol. The molecule has 0 aliphatic carbocycles. The van der Waals surface area contributed by atoms with E-state index in [1.54, 1.807) is 17.0 Å². The molecule has 2 aromatic rings. The smallest absolute Gasteiger partial charge is 0.289 e. The summed E-state index contributed by atoms with van der Waals surface area (Å²) >= 11 is 0. The minimum absolute atomic E-state index is 0.0688.